The first-order valence-electron chi connectivity index (χ1n) is 5.39. The summed E-state index contributed by atoms with van der Waals surface area (Å²) in [5.41, 5.74) is 1.82. The molecule has 0 fully saturated rings. The van der Waals surface area contributed by atoms with Gasteiger partial charge in [-0.2, -0.15) is 0 Å². The Kier molecular flexibility index (Phi) is 4.33. The topological polar surface area (TPSA) is 24.9 Å². The molecule has 0 bridgehead atoms. The molecule has 0 aliphatic carbocycles. The van der Waals surface area contributed by atoms with Crippen LogP contribution in [0.3, 0.4) is 0 Å². The summed E-state index contributed by atoms with van der Waals surface area (Å²) in [6.45, 7) is 2.02. The molecule has 2 rings (SSSR count). The molecule has 2 aromatic rings. The van der Waals surface area contributed by atoms with Crippen molar-refractivity contribution in [2.24, 2.45) is 0 Å². The summed E-state index contributed by atoms with van der Waals surface area (Å²) in [7, 11) is 0. The molecule has 1 aromatic carbocycles. The Balaban J connectivity index is 2.19. The number of nitrogens with zero attached hydrogens (tertiary/aromatic N) is 1. The maximum atomic E-state index is 6.06. The van der Waals surface area contributed by atoms with E-state index in [2.05, 4.69) is 10.3 Å². The van der Waals surface area contributed by atoms with Crippen molar-refractivity contribution < 1.29 is 0 Å². The second-order valence-electron chi connectivity index (χ2n) is 3.90. The highest BCUT2D eigenvalue weighted by Gasteiger charge is 2.09. The van der Waals surface area contributed by atoms with Gasteiger partial charge in [-0.25, -0.2) is 0 Å². The monoisotopic (exact) mass is 300 g/mol. The van der Waals surface area contributed by atoms with Gasteiger partial charge >= 0.3 is 0 Å². The zero-order valence-electron chi connectivity index (χ0n) is 9.62. The Bertz CT molecular complexity index is 558. The van der Waals surface area contributed by atoms with Crippen LogP contribution in [0.2, 0.25) is 15.1 Å². The predicted octanol–water partition coefficient (Wildman–Crippen LogP) is 5.21. The molecule has 5 heteroatoms. The molecule has 1 heterocycles. The minimum Gasteiger partial charge on any atom is -0.376 e. The molecule has 0 aliphatic rings. The van der Waals surface area contributed by atoms with Gasteiger partial charge in [0.2, 0.25) is 0 Å². The molecule has 1 N–H and O–H groups in total. The number of anilines is 1. The number of nitrogens with one attached hydrogen (secondary N) is 1. The van der Waals surface area contributed by atoms with Crippen LogP contribution in [0, 0.1) is 0 Å². The van der Waals surface area contributed by atoms with Gasteiger partial charge in [-0.3, -0.25) is 4.98 Å². The number of hydrogen-bond donors (Lipinski definition) is 1. The van der Waals surface area contributed by atoms with Gasteiger partial charge in [0.25, 0.3) is 0 Å². The maximum absolute atomic E-state index is 6.06. The average molecular weight is 302 g/mol. The fraction of sp³-hybridized carbons (Fsp3) is 0.154. The molecule has 0 spiro atoms. The van der Waals surface area contributed by atoms with Crippen molar-refractivity contribution in [2.45, 2.75) is 13.0 Å². The molecule has 1 atom stereocenters. The zero-order valence-corrected chi connectivity index (χ0v) is 11.9. The van der Waals surface area contributed by atoms with Crippen molar-refractivity contribution in [1.29, 1.82) is 0 Å². The van der Waals surface area contributed by atoms with E-state index < -0.39 is 0 Å². The molecular formula is C13H11Cl3N2. The van der Waals surface area contributed by atoms with Gasteiger partial charge in [-0.05, 0) is 30.7 Å². The lowest BCUT2D eigenvalue weighted by molar-refractivity contribution is 0.883. The van der Waals surface area contributed by atoms with Crippen molar-refractivity contribution >= 4 is 40.5 Å². The van der Waals surface area contributed by atoms with E-state index >= 15 is 0 Å². The van der Waals surface area contributed by atoms with Crippen LogP contribution in [-0.2, 0) is 0 Å². The van der Waals surface area contributed by atoms with Gasteiger partial charge in [0.1, 0.15) is 0 Å². The second-order valence-corrected chi connectivity index (χ2v) is 5.12. The number of hydrogen-bond acceptors (Lipinski definition) is 2. The predicted molar refractivity (Wildman–Crippen MR) is 77.7 cm³/mol. The Labute approximate surface area is 121 Å². The van der Waals surface area contributed by atoms with Gasteiger partial charge < -0.3 is 5.32 Å². The number of pyridine rings is 1. The van der Waals surface area contributed by atoms with Gasteiger partial charge in [0.05, 0.1) is 27.0 Å². The number of halogens is 3. The smallest absolute Gasteiger partial charge is 0.0720 e. The summed E-state index contributed by atoms with van der Waals surface area (Å²) in [5, 5.41) is 5.00. The molecule has 0 amide bonds. The summed E-state index contributed by atoms with van der Waals surface area (Å²) < 4.78 is 0. The van der Waals surface area contributed by atoms with Crippen LogP contribution in [0.25, 0.3) is 0 Å². The molecular weight excluding hydrogens is 291 g/mol. The third-order valence-corrected chi connectivity index (χ3v) is 3.65. The Morgan fingerprint density at radius 2 is 1.83 bits per heavy atom. The summed E-state index contributed by atoms with van der Waals surface area (Å²) in [6.07, 6.45) is 3.34. The van der Waals surface area contributed by atoms with Crippen LogP contribution in [0.1, 0.15) is 18.5 Å². The third-order valence-electron chi connectivity index (χ3n) is 2.58. The number of benzene rings is 1. The lowest BCUT2D eigenvalue weighted by atomic mass is 10.1. The molecule has 0 saturated heterocycles. The van der Waals surface area contributed by atoms with Crippen LogP contribution in [0.4, 0.5) is 5.69 Å². The Morgan fingerprint density at radius 3 is 2.50 bits per heavy atom. The average Bonchev–Trinajstić information content (AvgIpc) is 2.35. The molecule has 1 unspecified atom stereocenters. The van der Waals surface area contributed by atoms with Crippen LogP contribution >= 0.6 is 34.8 Å². The molecule has 0 saturated carbocycles. The van der Waals surface area contributed by atoms with E-state index in [0.717, 1.165) is 11.3 Å². The van der Waals surface area contributed by atoms with Crippen molar-refractivity contribution in [3.63, 3.8) is 0 Å². The summed E-state index contributed by atoms with van der Waals surface area (Å²) in [4.78, 5) is 4.03. The minimum absolute atomic E-state index is 0.0569. The number of aromatic nitrogens is 1. The standard InChI is InChI=1S/C13H11Cl3N2/c1-8(9-2-3-10(14)12(16)6-9)18-13-7-17-5-4-11(13)15/h2-8,18H,1H3. The highest BCUT2D eigenvalue weighted by Crippen LogP contribution is 2.29. The fourth-order valence-corrected chi connectivity index (χ4v) is 2.05. The van der Waals surface area contributed by atoms with E-state index in [1.807, 2.05) is 19.1 Å². The van der Waals surface area contributed by atoms with Gasteiger partial charge in [-0.15, -0.1) is 0 Å². The highest BCUT2D eigenvalue weighted by atomic mass is 35.5. The minimum atomic E-state index is 0.0569. The molecule has 94 valence electrons. The van der Waals surface area contributed by atoms with Gasteiger partial charge in [0.15, 0.2) is 0 Å². The van der Waals surface area contributed by atoms with Crippen LogP contribution in [-0.4, -0.2) is 4.98 Å². The summed E-state index contributed by atoms with van der Waals surface area (Å²) in [6, 6.07) is 7.34. The van der Waals surface area contributed by atoms with E-state index in [9.17, 15) is 0 Å². The van der Waals surface area contributed by atoms with E-state index in [4.69, 9.17) is 34.8 Å². The first-order valence-corrected chi connectivity index (χ1v) is 6.52. The first kappa shape index (κ1) is 13.5. The van der Waals surface area contributed by atoms with E-state index in [0.29, 0.717) is 15.1 Å². The van der Waals surface area contributed by atoms with Gasteiger partial charge in [-0.1, -0.05) is 40.9 Å². The van der Waals surface area contributed by atoms with Crippen LogP contribution in [0.5, 0.6) is 0 Å². The van der Waals surface area contributed by atoms with Crippen LogP contribution in [0.15, 0.2) is 36.7 Å². The molecule has 0 aliphatic heterocycles. The van der Waals surface area contributed by atoms with Crippen LogP contribution < -0.4 is 5.32 Å². The normalized spacial score (nSPS) is 12.2. The van der Waals surface area contributed by atoms with Crippen molar-refractivity contribution in [3.05, 3.63) is 57.3 Å². The number of rotatable bonds is 3. The summed E-state index contributed by atoms with van der Waals surface area (Å²) >= 11 is 17.9. The van der Waals surface area contributed by atoms with E-state index in [1.54, 1.807) is 24.5 Å². The second kappa shape index (κ2) is 5.79. The van der Waals surface area contributed by atoms with Crippen molar-refractivity contribution in [1.82, 2.24) is 4.98 Å². The molecule has 1 aromatic heterocycles. The van der Waals surface area contributed by atoms with Crippen molar-refractivity contribution in [3.8, 4) is 0 Å². The highest BCUT2D eigenvalue weighted by molar-refractivity contribution is 6.42. The lowest BCUT2D eigenvalue weighted by Gasteiger charge is -2.16. The quantitative estimate of drug-likeness (QED) is 0.841. The third kappa shape index (κ3) is 3.08. The van der Waals surface area contributed by atoms with E-state index in [-0.39, 0.29) is 6.04 Å². The summed E-state index contributed by atoms with van der Waals surface area (Å²) in [5.74, 6) is 0. The molecule has 2 nitrogen and oxygen atoms in total. The maximum Gasteiger partial charge on any atom is 0.0720 e. The van der Waals surface area contributed by atoms with Crippen molar-refractivity contribution in [2.75, 3.05) is 5.32 Å². The molecule has 0 radical (unpaired) electrons. The van der Waals surface area contributed by atoms with E-state index in [1.165, 1.54) is 0 Å². The fourth-order valence-electron chi connectivity index (χ4n) is 1.58. The Hall–Kier alpha value is -0.960. The lowest BCUT2D eigenvalue weighted by Crippen LogP contribution is -2.07. The zero-order chi connectivity index (χ0) is 13.1. The first-order chi connectivity index (χ1) is 8.58. The van der Waals surface area contributed by atoms with Gasteiger partial charge in [0, 0.05) is 12.2 Å². The largest absolute Gasteiger partial charge is 0.376 e. The Morgan fingerprint density at radius 1 is 1.06 bits per heavy atom. The SMILES string of the molecule is CC(Nc1cnccc1Cl)c1ccc(Cl)c(Cl)c1. The molecule has 18 heavy (non-hydrogen) atoms.